The first kappa shape index (κ1) is 17.9. The highest BCUT2D eigenvalue weighted by atomic mass is 16.1. The smallest absolute Gasteiger partial charge is 0.255 e. The molecule has 0 radical (unpaired) electrons. The molecule has 134 valence electrons. The van der Waals surface area contributed by atoms with Crippen molar-refractivity contribution in [1.29, 1.82) is 0 Å². The standard InChI is InChI=1S/C22H24N2O2/c1-5-14-12-20(25)24-19-13-17(10-11-18(14)19)23-21(26)15-6-8-16(9-7-15)22(2,3)4/h6-13H,5H2,1-4H3,(H,23,26)(H,24,25). The minimum absolute atomic E-state index is 0.0518. The normalized spacial score (nSPS) is 11.5. The van der Waals surface area contributed by atoms with Crippen molar-refractivity contribution in [1.82, 2.24) is 4.98 Å². The van der Waals surface area contributed by atoms with Crippen LogP contribution in [0.4, 0.5) is 5.69 Å². The van der Waals surface area contributed by atoms with Gasteiger partial charge in [0.05, 0.1) is 5.52 Å². The van der Waals surface area contributed by atoms with E-state index in [1.165, 1.54) is 5.56 Å². The highest BCUT2D eigenvalue weighted by Gasteiger charge is 2.14. The van der Waals surface area contributed by atoms with Crippen LogP contribution in [0.3, 0.4) is 0 Å². The van der Waals surface area contributed by atoms with Gasteiger partial charge in [-0.3, -0.25) is 9.59 Å². The van der Waals surface area contributed by atoms with Crippen molar-refractivity contribution in [3.63, 3.8) is 0 Å². The van der Waals surface area contributed by atoms with Crippen LogP contribution in [0, 0.1) is 0 Å². The van der Waals surface area contributed by atoms with Crippen molar-refractivity contribution >= 4 is 22.5 Å². The van der Waals surface area contributed by atoms with Crippen LogP contribution in [-0.2, 0) is 11.8 Å². The maximum atomic E-state index is 12.5. The van der Waals surface area contributed by atoms with Crippen molar-refractivity contribution in [2.75, 3.05) is 5.32 Å². The van der Waals surface area contributed by atoms with E-state index in [-0.39, 0.29) is 16.9 Å². The molecule has 0 bridgehead atoms. The number of hydrogen-bond acceptors (Lipinski definition) is 2. The van der Waals surface area contributed by atoms with E-state index >= 15 is 0 Å². The largest absolute Gasteiger partial charge is 0.322 e. The Hall–Kier alpha value is -2.88. The molecule has 0 aliphatic heterocycles. The molecule has 1 heterocycles. The molecule has 0 unspecified atom stereocenters. The lowest BCUT2D eigenvalue weighted by atomic mass is 9.87. The number of aromatic nitrogens is 1. The fraction of sp³-hybridized carbons (Fsp3) is 0.273. The van der Waals surface area contributed by atoms with Gasteiger partial charge in [-0.1, -0.05) is 45.9 Å². The van der Waals surface area contributed by atoms with Crippen LogP contribution in [0.5, 0.6) is 0 Å². The van der Waals surface area contributed by atoms with Crippen molar-refractivity contribution < 1.29 is 4.79 Å². The van der Waals surface area contributed by atoms with Gasteiger partial charge in [-0.25, -0.2) is 0 Å². The summed E-state index contributed by atoms with van der Waals surface area (Å²) in [6.45, 7) is 8.44. The summed E-state index contributed by atoms with van der Waals surface area (Å²) in [7, 11) is 0. The van der Waals surface area contributed by atoms with Gasteiger partial charge in [0.25, 0.3) is 5.91 Å². The Labute approximate surface area is 153 Å². The molecule has 2 N–H and O–H groups in total. The molecule has 2 aromatic carbocycles. The number of aromatic amines is 1. The first-order chi connectivity index (χ1) is 12.3. The van der Waals surface area contributed by atoms with Gasteiger partial charge in [0.1, 0.15) is 0 Å². The van der Waals surface area contributed by atoms with E-state index in [1.807, 2.05) is 43.3 Å². The van der Waals surface area contributed by atoms with Gasteiger partial charge in [0.2, 0.25) is 5.56 Å². The lowest BCUT2D eigenvalue weighted by Gasteiger charge is -2.19. The van der Waals surface area contributed by atoms with Crippen LogP contribution < -0.4 is 10.9 Å². The molecule has 0 spiro atoms. The molecule has 0 aliphatic carbocycles. The van der Waals surface area contributed by atoms with E-state index in [4.69, 9.17) is 0 Å². The van der Waals surface area contributed by atoms with Crippen LogP contribution in [0.2, 0.25) is 0 Å². The Morgan fingerprint density at radius 1 is 1.04 bits per heavy atom. The quantitative estimate of drug-likeness (QED) is 0.724. The molecule has 0 fully saturated rings. The number of carbonyl (C=O) groups is 1. The number of hydrogen-bond donors (Lipinski definition) is 2. The van der Waals surface area contributed by atoms with Gasteiger partial charge in [-0.05, 0) is 47.2 Å². The average Bonchev–Trinajstić information content (AvgIpc) is 2.60. The van der Waals surface area contributed by atoms with Crippen LogP contribution in [0.25, 0.3) is 10.9 Å². The molecule has 4 heteroatoms. The second-order valence-electron chi connectivity index (χ2n) is 7.55. The fourth-order valence-electron chi connectivity index (χ4n) is 3.03. The van der Waals surface area contributed by atoms with E-state index in [9.17, 15) is 9.59 Å². The third-order valence-electron chi connectivity index (χ3n) is 4.58. The first-order valence-electron chi connectivity index (χ1n) is 8.86. The van der Waals surface area contributed by atoms with Crippen molar-refractivity contribution in [3.8, 4) is 0 Å². The second-order valence-corrected chi connectivity index (χ2v) is 7.55. The molecule has 1 aromatic heterocycles. The average molecular weight is 348 g/mol. The Balaban J connectivity index is 1.86. The predicted molar refractivity (Wildman–Crippen MR) is 107 cm³/mol. The Morgan fingerprint density at radius 3 is 2.35 bits per heavy atom. The topological polar surface area (TPSA) is 62.0 Å². The number of benzene rings is 2. The second kappa shape index (κ2) is 6.79. The number of H-pyrrole nitrogens is 1. The highest BCUT2D eigenvalue weighted by molar-refractivity contribution is 6.05. The summed E-state index contributed by atoms with van der Waals surface area (Å²) in [5.74, 6) is -0.168. The number of carbonyl (C=O) groups excluding carboxylic acids is 1. The van der Waals surface area contributed by atoms with Gasteiger partial charge < -0.3 is 10.3 Å². The van der Waals surface area contributed by atoms with Crippen molar-refractivity contribution in [2.45, 2.75) is 39.5 Å². The summed E-state index contributed by atoms with van der Waals surface area (Å²) in [6.07, 6.45) is 0.784. The van der Waals surface area contributed by atoms with Gasteiger partial charge in [-0.15, -0.1) is 0 Å². The first-order valence-corrected chi connectivity index (χ1v) is 8.86. The Kier molecular flexibility index (Phi) is 4.68. The summed E-state index contributed by atoms with van der Waals surface area (Å²) in [5, 5.41) is 3.90. The number of amides is 1. The number of rotatable bonds is 3. The zero-order chi connectivity index (χ0) is 18.9. The zero-order valence-corrected chi connectivity index (χ0v) is 15.6. The van der Waals surface area contributed by atoms with Gasteiger partial charge >= 0.3 is 0 Å². The molecule has 0 atom stereocenters. The molecular formula is C22H24N2O2. The molecule has 3 aromatic rings. The van der Waals surface area contributed by atoms with Gasteiger partial charge in [0, 0.05) is 22.7 Å². The van der Waals surface area contributed by atoms with Crippen LogP contribution >= 0.6 is 0 Å². The lowest BCUT2D eigenvalue weighted by Crippen LogP contribution is -2.14. The van der Waals surface area contributed by atoms with E-state index in [0.717, 1.165) is 22.9 Å². The molecule has 0 saturated carbocycles. The maximum absolute atomic E-state index is 12.5. The third kappa shape index (κ3) is 3.69. The van der Waals surface area contributed by atoms with Crippen LogP contribution in [0.1, 0.15) is 49.2 Å². The minimum Gasteiger partial charge on any atom is -0.322 e. The molecule has 0 aliphatic rings. The van der Waals surface area contributed by atoms with Crippen molar-refractivity contribution in [3.05, 3.63) is 75.6 Å². The summed E-state index contributed by atoms with van der Waals surface area (Å²) in [5.41, 5.74) is 4.10. The van der Waals surface area contributed by atoms with Gasteiger partial charge in [-0.2, -0.15) is 0 Å². The molecule has 0 saturated heterocycles. The third-order valence-corrected chi connectivity index (χ3v) is 4.58. The minimum atomic E-state index is -0.168. The maximum Gasteiger partial charge on any atom is 0.255 e. The monoisotopic (exact) mass is 348 g/mol. The highest BCUT2D eigenvalue weighted by Crippen LogP contribution is 2.23. The summed E-state index contributed by atoms with van der Waals surface area (Å²) in [4.78, 5) is 27.1. The van der Waals surface area contributed by atoms with E-state index in [0.29, 0.717) is 11.3 Å². The molecular weight excluding hydrogens is 324 g/mol. The lowest BCUT2D eigenvalue weighted by molar-refractivity contribution is 0.102. The van der Waals surface area contributed by atoms with E-state index in [1.54, 1.807) is 12.1 Å². The summed E-state index contributed by atoms with van der Waals surface area (Å²) >= 11 is 0. The van der Waals surface area contributed by atoms with Crippen molar-refractivity contribution in [2.24, 2.45) is 0 Å². The van der Waals surface area contributed by atoms with Crippen LogP contribution in [-0.4, -0.2) is 10.9 Å². The predicted octanol–water partition coefficient (Wildman–Crippen LogP) is 4.64. The van der Waals surface area contributed by atoms with Crippen LogP contribution in [0.15, 0.2) is 53.3 Å². The molecule has 1 amide bonds. The van der Waals surface area contributed by atoms with E-state index < -0.39 is 0 Å². The summed E-state index contributed by atoms with van der Waals surface area (Å²) < 4.78 is 0. The molecule has 26 heavy (non-hydrogen) atoms. The molecule has 4 nitrogen and oxygen atoms in total. The fourth-order valence-corrected chi connectivity index (χ4v) is 3.03. The summed E-state index contributed by atoms with van der Waals surface area (Å²) in [6, 6.07) is 14.9. The Morgan fingerprint density at radius 2 is 1.73 bits per heavy atom. The number of pyridine rings is 1. The number of nitrogens with one attached hydrogen (secondary N) is 2. The number of anilines is 1. The Bertz CT molecular complexity index is 1010. The SMILES string of the molecule is CCc1cc(=O)[nH]c2cc(NC(=O)c3ccc(C(C)(C)C)cc3)ccc12. The number of aryl methyl sites for hydroxylation is 1. The zero-order valence-electron chi connectivity index (χ0n) is 15.6. The van der Waals surface area contributed by atoms with Gasteiger partial charge in [0.15, 0.2) is 0 Å². The number of fused-ring (bicyclic) bond motifs is 1. The molecule has 3 rings (SSSR count). The van der Waals surface area contributed by atoms with E-state index in [2.05, 4.69) is 31.1 Å².